The van der Waals surface area contributed by atoms with Gasteiger partial charge in [0.2, 0.25) is 0 Å². The van der Waals surface area contributed by atoms with Gasteiger partial charge in [-0.1, -0.05) is 36.4 Å². The number of sulfone groups is 1. The lowest BCUT2D eigenvalue weighted by Gasteiger charge is -2.18. The van der Waals surface area contributed by atoms with Gasteiger partial charge in [-0.05, 0) is 49.1 Å². The molecule has 0 aromatic heterocycles. The number of benzene rings is 2. The highest BCUT2D eigenvalue weighted by Gasteiger charge is 2.10. The molecule has 0 heterocycles. The maximum atomic E-state index is 13.8. The van der Waals surface area contributed by atoms with Gasteiger partial charge in [0.15, 0.2) is 15.8 Å². The second kappa shape index (κ2) is 11.5. The van der Waals surface area contributed by atoms with E-state index in [1.54, 1.807) is 13.0 Å². The third-order valence-corrected chi connectivity index (χ3v) is 5.12. The van der Waals surface area contributed by atoms with Gasteiger partial charge in [-0.2, -0.15) is 0 Å². The fraction of sp³-hybridized carbons (Fsp3) is 0.381. The Bertz CT molecular complexity index is 931. The van der Waals surface area contributed by atoms with Crippen LogP contribution in [-0.2, 0) is 22.1 Å². The Morgan fingerprint density at radius 3 is 2.31 bits per heavy atom. The average Bonchev–Trinajstić information content (AvgIpc) is 2.62. The highest BCUT2D eigenvalue weighted by atomic mass is 127. The van der Waals surface area contributed by atoms with Crippen LogP contribution in [0.25, 0.3) is 0 Å². The van der Waals surface area contributed by atoms with Crippen LogP contribution < -0.4 is 10.6 Å². The minimum absolute atomic E-state index is 0. The van der Waals surface area contributed by atoms with Gasteiger partial charge in [0, 0.05) is 12.8 Å². The highest BCUT2D eigenvalue weighted by molar-refractivity contribution is 14.0. The van der Waals surface area contributed by atoms with Crippen LogP contribution in [-0.4, -0.2) is 27.2 Å². The van der Waals surface area contributed by atoms with Crippen molar-refractivity contribution in [1.82, 2.24) is 10.6 Å². The SMILES string of the molecule is CCNC(=NCc1ccc(CS(C)(=O)=O)cc1)NC(C)c1ccc(C)c(F)c1.I. The molecule has 0 saturated heterocycles. The summed E-state index contributed by atoms with van der Waals surface area (Å²) in [5, 5.41) is 6.47. The van der Waals surface area contributed by atoms with Crippen molar-refractivity contribution in [2.24, 2.45) is 4.99 Å². The Morgan fingerprint density at radius 2 is 1.76 bits per heavy atom. The van der Waals surface area contributed by atoms with Gasteiger partial charge in [-0.3, -0.25) is 0 Å². The largest absolute Gasteiger partial charge is 0.357 e. The van der Waals surface area contributed by atoms with E-state index in [4.69, 9.17) is 0 Å². The molecule has 0 saturated carbocycles. The van der Waals surface area contributed by atoms with Gasteiger partial charge >= 0.3 is 0 Å². The van der Waals surface area contributed by atoms with Crippen molar-refractivity contribution in [2.45, 2.75) is 39.1 Å². The van der Waals surface area contributed by atoms with Gasteiger partial charge in [-0.25, -0.2) is 17.8 Å². The minimum atomic E-state index is -3.04. The molecule has 2 aromatic rings. The van der Waals surface area contributed by atoms with Crippen LogP contribution >= 0.6 is 24.0 Å². The Hall–Kier alpha value is -1.68. The standard InChI is InChI=1S/C21H28FN3O2S.HI/c1-5-23-21(25-16(3)19-11-6-15(2)20(22)12-19)24-13-17-7-9-18(10-8-17)14-28(4,26)27;/h6-12,16H,5,13-14H2,1-4H3,(H2,23,24,25);1H. The van der Waals surface area contributed by atoms with Crippen molar-refractivity contribution in [2.75, 3.05) is 12.8 Å². The van der Waals surface area contributed by atoms with Crippen LogP contribution in [0.4, 0.5) is 4.39 Å². The van der Waals surface area contributed by atoms with E-state index in [-0.39, 0.29) is 41.6 Å². The van der Waals surface area contributed by atoms with Crippen molar-refractivity contribution < 1.29 is 12.8 Å². The van der Waals surface area contributed by atoms with Crippen LogP contribution in [0, 0.1) is 12.7 Å². The molecule has 8 heteroatoms. The molecule has 0 aliphatic heterocycles. The molecule has 0 spiro atoms. The number of aliphatic imine (C=N–C) groups is 1. The monoisotopic (exact) mass is 533 g/mol. The number of rotatable bonds is 7. The molecule has 5 nitrogen and oxygen atoms in total. The zero-order valence-corrected chi connectivity index (χ0v) is 20.3. The number of hydrogen-bond donors (Lipinski definition) is 2. The quantitative estimate of drug-likeness (QED) is 0.319. The fourth-order valence-electron chi connectivity index (χ4n) is 2.70. The molecule has 1 unspecified atom stereocenters. The van der Waals surface area contributed by atoms with E-state index < -0.39 is 9.84 Å². The van der Waals surface area contributed by atoms with Gasteiger partial charge < -0.3 is 10.6 Å². The lowest BCUT2D eigenvalue weighted by Crippen LogP contribution is -2.38. The van der Waals surface area contributed by atoms with Crippen LogP contribution in [0.2, 0.25) is 0 Å². The lowest BCUT2D eigenvalue weighted by molar-refractivity contribution is 0.601. The molecule has 160 valence electrons. The highest BCUT2D eigenvalue weighted by Crippen LogP contribution is 2.16. The second-order valence-electron chi connectivity index (χ2n) is 6.96. The van der Waals surface area contributed by atoms with Crippen molar-refractivity contribution in [3.63, 3.8) is 0 Å². The molecule has 1 atom stereocenters. The summed E-state index contributed by atoms with van der Waals surface area (Å²) in [7, 11) is -3.04. The summed E-state index contributed by atoms with van der Waals surface area (Å²) < 4.78 is 36.6. The van der Waals surface area contributed by atoms with Crippen LogP contribution in [0.5, 0.6) is 0 Å². The summed E-state index contributed by atoms with van der Waals surface area (Å²) in [6.07, 6.45) is 1.22. The van der Waals surface area contributed by atoms with Crippen LogP contribution in [0.1, 0.15) is 42.1 Å². The number of aryl methyl sites for hydroxylation is 1. The van der Waals surface area contributed by atoms with E-state index in [1.807, 2.05) is 44.2 Å². The third-order valence-electron chi connectivity index (χ3n) is 4.26. The Balaban J connectivity index is 0.00000420. The number of guanidine groups is 1. The molecule has 0 fully saturated rings. The molecule has 2 aromatic carbocycles. The molecule has 2 N–H and O–H groups in total. The molecule has 0 radical (unpaired) electrons. The molecule has 0 amide bonds. The Kier molecular flexibility index (Phi) is 10.0. The van der Waals surface area contributed by atoms with Gasteiger partial charge in [0.1, 0.15) is 5.82 Å². The van der Waals surface area contributed by atoms with E-state index in [9.17, 15) is 12.8 Å². The first kappa shape index (κ1) is 25.4. The molecular formula is C21H29FIN3O2S. The maximum Gasteiger partial charge on any atom is 0.192 e. The van der Waals surface area contributed by atoms with Crippen molar-refractivity contribution in [3.8, 4) is 0 Å². The van der Waals surface area contributed by atoms with Crippen molar-refractivity contribution >= 4 is 39.8 Å². The van der Waals surface area contributed by atoms with Gasteiger partial charge in [0.25, 0.3) is 0 Å². The first-order chi connectivity index (χ1) is 13.2. The molecule has 2 rings (SSSR count). The molecule has 0 aliphatic rings. The summed E-state index contributed by atoms with van der Waals surface area (Å²) >= 11 is 0. The van der Waals surface area contributed by atoms with Crippen LogP contribution in [0.3, 0.4) is 0 Å². The normalized spacial score (nSPS) is 12.8. The third kappa shape index (κ3) is 8.69. The number of nitrogens with zero attached hydrogens (tertiary/aromatic N) is 1. The topological polar surface area (TPSA) is 70.6 Å². The van der Waals surface area contributed by atoms with E-state index >= 15 is 0 Å². The summed E-state index contributed by atoms with van der Waals surface area (Å²) in [6.45, 7) is 6.83. The van der Waals surface area contributed by atoms with Gasteiger partial charge in [0.05, 0.1) is 18.3 Å². The number of halogens is 2. The van der Waals surface area contributed by atoms with Crippen molar-refractivity contribution in [3.05, 3.63) is 70.5 Å². The second-order valence-corrected chi connectivity index (χ2v) is 9.10. The average molecular weight is 533 g/mol. The van der Waals surface area contributed by atoms with Gasteiger partial charge in [-0.15, -0.1) is 24.0 Å². The number of hydrogen-bond acceptors (Lipinski definition) is 3. The Labute approximate surface area is 190 Å². The number of nitrogens with one attached hydrogen (secondary N) is 2. The molecule has 0 bridgehead atoms. The first-order valence-corrected chi connectivity index (χ1v) is 11.3. The molecule has 29 heavy (non-hydrogen) atoms. The van der Waals surface area contributed by atoms with E-state index in [0.717, 1.165) is 16.7 Å². The van der Waals surface area contributed by atoms with E-state index in [0.29, 0.717) is 24.6 Å². The minimum Gasteiger partial charge on any atom is -0.357 e. The van der Waals surface area contributed by atoms with E-state index in [1.165, 1.54) is 12.3 Å². The zero-order chi connectivity index (χ0) is 20.7. The lowest BCUT2D eigenvalue weighted by atomic mass is 10.1. The predicted molar refractivity (Wildman–Crippen MR) is 128 cm³/mol. The first-order valence-electron chi connectivity index (χ1n) is 9.24. The summed E-state index contributed by atoms with van der Waals surface area (Å²) in [5.41, 5.74) is 3.20. The summed E-state index contributed by atoms with van der Waals surface area (Å²) in [4.78, 5) is 4.58. The predicted octanol–water partition coefficient (Wildman–Crippen LogP) is 4.11. The fourth-order valence-corrected chi connectivity index (χ4v) is 3.50. The molecule has 0 aliphatic carbocycles. The van der Waals surface area contributed by atoms with Crippen molar-refractivity contribution in [1.29, 1.82) is 0 Å². The summed E-state index contributed by atoms with van der Waals surface area (Å²) in [5.74, 6) is 0.448. The molecular weight excluding hydrogens is 504 g/mol. The summed E-state index contributed by atoms with van der Waals surface area (Å²) in [6, 6.07) is 12.5. The maximum absolute atomic E-state index is 13.8. The zero-order valence-electron chi connectivity index (χ0n) is 17.2. The Morgan fingerprint density at radius 1 is 1.14 bits per heavy atom. The van der Waals surface area contributed by atoms with Crippen LogP contribution in [0.15, 0.2) is 47.5 Å². The smallest absolute Gasteiger partial charge is 0.192 e. The van der Waals surface area contributed by atoms with E-state index in [2.05, 4.69) is 15.6 Å².